The van der Waals surface area contributed by atoms with Crippen LogP contribution in [0.5, 0.6) is 0 Å². The standard InChI is InChI=1S/C13H19ClN4O2S/c1-17(7-9-2-3-11(14)21-9)12(19)8-18-5-4-16-6-10(18)13(15)20/h2-3,10,16H,4-8H2,1H3,(H2,15,20). The number of nitrogens with zero attached hydrogens (tertiary/aromatic N) is 2. The summed E-state index contributed by atoms with van der Waals surface area (Å²) in [4.78, 5) is 28.2. The van der Waals surface area contributed by atoms with E-state index in [2.05, 4.69) is 5.32 Å². The lowest BCUT2D eigenvalue weighted by Crippen LogP contribution is -2.58. The Morgan fingerprint density at radius 3 is 2.95 bits per heavy atom. The molecule has 1 atom stereocenters. The third kappa shape index (κ3) is 4.41. The molecule has 8 heteroatoms. The number of primary amides is 1. The van der Waals surface area contributed by atoms with Crippen molar-refractivity contribution < 1.29 is 9.59 Å². The Balaban J connectivity index is 1.91. The molecule has 1 aromatic heterocycles. The SMILES string of the molecule is CN(Cc1ccc(Cl)s1)C(=O)CN1CCNCC1C(N)=O. The van der Waals surface area contributed by atoms with Crippen molar-refractivity contribution in [2.24, 2.45) is 5.73 Å². The molecule has 0 radical (unpaired) electrons. The Bertz CT molecular complexity index is 522. The number of carbonyl (C=O) groups is 2. The van der Waals surface area contributed by atoms with Crippen molar-refractivity contribution in [3.8, 4) is 0 Å². The zero-order valence-electron chi connectivity index (χ0n) is 11.8. The van der Waals surface area contributed by atoms with Crippen LogP contribution in [0.15, 0.2) is 12.1 Å². The van der Waals surface area contributed by atoms with E-state index in [9.17, 15) is 9.59 Å². The minimum absolute atomic E-state index is 0.0346. The highest BCUT2D eigenvalue weighted by atomic mass is 35.5. The van der Waals surface area contributed by atoms with E-state index in [4.69, 9.17) is 17.3 Å². The summed E-state index contributed by atoms with van der Waals surface area (Å²) in [6.07, 6.45) is 0. The van der Waals surface area contributed by atoms with E-state index >= 15 is 0 Å². The van der Waals surface area contributed by atoms with Gasteiger partial charge in [-0.2, -0.15) is 0 Å². The van der Waals surface area contributed by atoms with Gasteiger partial charge in [0.2, 0.25) is 11.8 Å². The highest BCUT2D eigenvalue weighted by Gasteiger charge is 2.28. The summed E-state index contributed by atoms with van der Waals surface area (Å²) in [6.45, 7) is 2.60. The molecular formula is C13H19ClN4O2S. The average molecular weight is 331 g/mol. The summed E-state index contributed by atoms with van der Waals surface area (Å²) in [6, 6.07) is 3.31. The van der Waals surface area contributed by atoms with E-state index in [0.29, 0.717) is 24.0 Å². The fourth-order valence-electron chi connectivity index (χ4n) is 2.27. The van der Waals surface area contributed by atoms with E-state index in [-0.39, 0.29) is 12.5 Å². The molecule has 0 aliphatic carbocycles. The zero-order chi connectivity index (χ0) is 15.4. The number of thiophene rings is 1. The number of nitrogens with one attached hydrogen (secondary N) is 1. The first kappa shape index (κ1) is 16.2. The van der Waals surface area contributed by atoms with E-state index in [1.807, 2.05) is 17.0 Å². The average Bonchev–Trinajstić information content (AvgIpc) is 2.84. The predicted molar refractivity (Wildman–Crippen MR) is 83.2 cm³/mol. The number of carbonyl (C=O) groups excluding carboxylic acids is 2. The van der Waals surface area contributed by atoms with Crippen LogP contribution < -0.4 is 11.1 Å². The Labute approximate surface area is 132 Å². The number of hydrogen-bond donors (Lipinski definition) is 2. The van der Waals surface area contributed by atoms with Crippen LogP contribution in [0.4, 0.5) is 0 Å². The number of nitrogens with two attached hydrogens (primary N) is 1. The maximum absolute atomic E-state index is 12.3. The Hall–Kier alpha value is -1.15. The molecule has 2 heterocycles. The van der Waals surface area contributed by atoms with Gasteiger partial charge in [0.1, 0.15) is 6.04 Å². The second-order valence-corrected chi connectivity index (χ2v) is 6.85. The molecule has 0 saturated carbocycles. The van der Waals surface area contributed by atoms with Gasteiger partial charge in [-0.05, 0) is 12.1 Å². The first-order valence-electron chi connectivity index (χ1n) is 6.69. The lowest BCUT2D eigenvalue weighted by molar-refractivity contribution is -0.134. The Morgan fingerprint density at radius 1 is 1.57 bits per heavy atom. The van der Waals surface area contributed by atoms with Crippen molar-refractivity contribution in [1.29, 1.82) is 0 Å². The van der Waals surface area contributed by atoms with Crippen LogP contribution in [0, 0.1) is 0 Å². The molecule has 1 aromatic rings. The van der Waals surface area contributed by atoms with Crippen LogP contribution in [0.25, 0.3) is 0 Å². The highest BCUT2D eigenvalue weighted by Crippen LogP contribution is 2.22. The molecule has 0 spiro atoms. The normalized spacial score (nSPS) is 19.4. The lowest BCUT2D eigenvalue weighted by Gasteiger charge is -2.34. The van der Waals surface area contributed by atoms with E-state index in [1.165, 1.54) is 11.3 Å². The number of halogens is 1. The minimum atomic E-state index is -0.424. The van der Waals surface area contributed by atoms with Crippen LogP contribution in [-0.2, 0) is 16.1 Å². The zero-order valence-corrected chi connectivity index (χ0v) is 13.4. The quantitative estimate of drug-likeness (QED) is 0.803. The molecule has 0 bridgehead atoms. The predicted octanol–water partition coefficient (Wildman–Crippen LogP) is 0.119. The van der Waals surface area contributed by atoms with Crippen LogP contribution in [0.3, 0.4) is 0 Å². The van der Waals surface area contributed by atoms with Gasteiger partial charge >= 0.3 is 0 Å². The maximum atomic E-state index is 12.3. The van der Waals surface area contributed by atoms with Crippen molar-refractivity contribution >= 4 is 34.8 Å². The van der Waals surface area contributed by atoms with E-state index in [0.717, 1.165) is 11.4 Å². The fraction of sp³-hybridized carbons (Fsp3) is 0.538. The van der Waals surface area contributed by atoms with Crippen LogP contribution in [-0.4, -0.2) is 60.9 Å². The van der Waals surface area contributed by atoms with Gasteiger partial charge in [-0.25, -0.2) is 0 Å². The van der Waals surface area contributed by atoms with E-state index in [1.54, 1.807) is 11.9 Å². The molecule has 1 aliphatic rings. The number of hydrogen-bond acceptors (Lipinski definition) is 5. The molecule has 116 valence electrons. The Morgan fingerprint density at radius 2 is 2.33 bits per heavy atom. The molecule has 6 nitrogen and oxygen atoms in total. The monoisotopic (exact) mass is 330 g/mol. The van der Waals surface area contributed by atoms with Crippen LogP contribution in [0.1, 0.15) is 4.88 Å². The number of rotatable bonds is 5. The molecule has 1 unspecified atom stereocenters. The molecule has 1 saturated heterocycles. The second kappa shape index (κ2) is 7.22. The highest BCUT2D eigenvalue weighted by molar-refractivity contribution is 7.16. The largest absolute Gasteiger partial charge is 0.368 e. The number of likely N-dealkylation sites (N-methyl/N-ethyl adjacent to an activating group) is 1. The van der Waals surface area contributed by atoms with Crippen LogP contribution in [0.2, 0.25) is 4.34 Å². The first-order chi connectivity index (χ1) is 9.97. The van der Waals surface area contributed by atoms with Crippen molar-refractivity contribution in [1.82, 2.24) is 15.1 Å². The number of amides is 2. The molecule has 1 aliphatic heterocycles. The Kier molecular flexibility index (Phi) is 5.58. The second-order valence-electron chi connectivity index (χ2n) is 5.05. The molecule has 0 aromatic carbocycles. The molecular weight excluding hydrogens is 312 g/mol. The summed E-state index contributed by atoms with van der Waals surface area (Å²) >= 11 is 7.34. The van der Waals surface area contributed by atoms with Gasteiger partial charge in [-0.15, -0.1) is 11.3 Å². The van der Waals surface area contributed by atoms with Gasteiger partial charge in [0.15, 0.2) is 0 Å². The molecule has 2 rings (SSSR count). The summed E-state index contributed by atoms with van der Waals surface area (Å²) in [5, 5.41) is 3.11. The van der Waals surface area contributed by atoms with Crippen molar-refractivity contribution in [3.05, 3.63) is 21.3 Å². The van der Waals surface area contributed by atoms with Crippen molar-refractivity contribution in [2.75, 3.05) is 33.2 Å². The first-order valence-corrected chi connectivity index (χ1v) is 7.89. The van der Waals surface area contributed by atoms with E-state index < -0.39 is 11.9 Å². The van der Waals surface area contributed by atoms with Crippen LogP contribution >= 0.6 is 22.9 Å². The van der Waals surface area contributed by atoms with Crippen molar-refractivity contribution in [2.45, 2.75) is 12.6 Å². The molecule has 1 fully saturated rings. The van der Waals surface area contributed by atoms with Gasteiger partial charge in [0, 0.05) is 31.6 Å². The van der Waals surface area contributed by atoms with Gasteiger partial charge in [-0.1, -0.05) is 11.6 Å². The fourth-order valence-corrected chi connectivity index (χ4v) is 3.41. The van der Waals surface area contributed by atoms with Gasteiger partial charge in [-0.3, -0.25) is 14.5 Å². The topological polar surface area (TPSA) is 78.7 Å². The molecule has 3 N–H and O–H groups in total. The minimum Gasteiger partial charge on any atom is -0.368 e. The van der Waals surface area contributed by atoms with Gasteiger partial charge in [0.25, 0.3) is 0 Å². The lowest BCUT2D eigenvalue weighted by atomic mass is 10.2. The smallest absolute Gasteiger partial charge is 0.236 e. The summed E-state index contributed by atoms with van der Waals surface area (Å²) in [5.74, 6) is -0.435. The van der Waals surface area contributed by atoms with Crippen molar-refractivity contribution in [3.63, 3.8) is 0 Å². The summed E-state index contributed by atoms with van der Waals surface area (Å²) in [7, 11) is 1.75. The summed E-state index contributed by atoms with van der Waals surface area (Å²) in [5.41, 5.74) is 5.38. The number of piperazine rings is 1. The summed E-state index contributed by atoms with van der Waals surface area (Å²) < 4.78 is 0.710. The van der Waals surface area contributed by atoms with Gasteiger partial charge < -0.3 is 16.0 Å². The third-order valence-electron chi connectivity index (χ3n) is 3.47. The van der Waals surface area contributed by atoms with Gasteiger partial charge in [0.05, 0.1) is 17.4 Å². The molecule has 21 heavy (non-hydrogen) atoms. The molecule has 2 amide bonds. The third-order valence-corrected chi connectivity index (χ3v) is 4.68. The maximum Gasteiger partial charge on any atom is 0.236 e.